The number of hydrogen-bond donors (Lipinski definition) is 2. The van der Waals surface area contributed by atoms with Crippen molar-refractivity contribution in [3.63, 3.8) is 0 Å². The first-order valence-corrected chi connectivity index (χ1v) is 7.60. The van der Waals surface area contributed by atoms with Gasteiger partial charge in [0.2, 0.25) is 0 Å². The van der Waals surface area contributed by atoms with Gasteiger partial charge >= 0.3 is 0 Å². The van der Waals surface area contributed by atoms with Gasteiger partial charge in [0.05, 0.1) is 6.54 Å². The summed E-state index contributed by atoms with van der Waals surface area (Å²) in [5.74, 6) is 1.50. The number of likely N-dealkylation sites (tertiary alicyclic amines) is 1. The van der Waals surface area contributed by atoms with Crippen LogP contribution in [0.4, 0.5) is 0 Å². The normalized spacial score (nSPS) is 28.5. The quantitative estimate of drug-likeness (QED) is 0.597. The first-order chi connectivity index (χ1) is 9.10. The molecule has 2 aliphatic rings. The lowest BCUT2D eigenvalue weighted by molar-refractivity contribution is 0.315. The number of hydrogen-bond acceptors (Lipinski definition) is 2. The molecule has 2 unspecified atom stereocenters. The third-order valence-electron chi connectivity index (χ3n) is 3.78. The van der Waals surface area contributed by atoms with Gasteiger partial charge in [0, 0.05) is 36.8 Å². The molecule has 108 valence electrons. The van der Waals surface area contributed by atoms with Gasteiger partial charge in [0.25, 0.3) is 0 Å². The molecule has 0 spiro atoms. The molecule has 2 atom stereocenters. The molecule has 0 aromatic heterocycles. The van der Waals surface area contributed by atoms with Gasteiger partial charge < -0.3 is 10.6 Å². The number of rotatable bonds is 5. The number of guanidine groups is 1. The fourth-order valence-corrected chi connectivity index (χ4v) is 2.65. The maximum absolute atomic E-state index is 5.77. The Morgan fingerprint density at radius 3 is 2.74 bits per heavy atom. The highest BCUT2D eigenvalue weighted by Crippen LogP contribution is 2.31. The topological polar surface area (TPSA) is 39.7 Å². The summed E-state index contributed by atoms with van der Waals surface area (Å²) in [5, 5.41) is 7.36. The van der Waals surface area contributed by atoms with Gasteiger partial charge in [-0.25, -0.2) is 4.99 Å². The summed E-state index contributed by atoms with van der Waals surface area (Å²) in [6.45, 7) is 11.7. The summed E-state index contributed by atoms with van der Waals surface area (Å²) >= 11 is 5.77. The Bertz CT molecular complexity index is 351. The second kappa shape index (κ2) is 6.62. The molecule has 19 heavy (non-hydrogen) atoms. The van der Waals surface area contributed by atoms with Crippen LogP contribution < -0.4 is 10.6 Å². The minimum Gasteiger partial charge on any atom is -0.357 e. The van der Waals surface area contributed by atoms with Crippen LogP contribution in [0, 0.1) is 5.92 Å². The van der Waals surface area contributed by atoms with Crippen LogP contribution >= 0.6 is 11.6 Å². The molecule has 0 aromatic rings. The van der Waals surface area contributed by atoms with Crippen LogP contribution in [0.1, 0.15) is 26.7 Å². The highest BCUT2D eigenvalue weighted by molar-refractivity contribution is 6.29. The van der Waals surface area contributed by atoms with Crippen molar-refractivity contribution in [3.8, 4) is 0 Å². The Labute approximate surface area is 121 Å². The Hall–Kier alpha value is -0.740. The molecule has 2 fully saturated rings. The van der Waals surface area contributed by atoms with Crippen molar-refractivity contribution >= 4 is 17.6 Å². The molecule has 2 N–H and O–H groups in total. The predicted octanol–water partition coefficient (Wildman–Crippen LogP) is 1.78. The molecule has 0 amide bonds. The predicted molar refractivity (Wildman–Crippen MR) is 81.7 cm³/mol. The fraction of sp³-hybridized carbons (Fsp3) is 0.786. The van der Waals surface area contributed by atoms with E-state index in [1.165, 1.54) is 19.4 Å². The molecule has 1 aliphatic carbocycles. The first kappa shape index (κ1) is 14.7. The lowest BCUT2D eigenvalue weighted by Gasteiger charge is -2.20. The van der Waals surface area contributed by atoms with Crippen LogP contribution in [-0.2, 0) is 0 Å². The molecule has 0 radical (unpaired) electrons. The third-order valence-corrected chi connectivity index (χ3v) is 3.90. The molecule has 0 aromatic carbocycles. The van der Waals surface area contributed by atoms with Crippen LogP contribution in [0.3, 0.4) is 0 Å². The van der Waals surface area contributed by atoms with E-state index in [0.29, 0.717) is 23.5 Å². The zero-order valence-corrected chi connectivity index (χ0v) is 12.7. The number of nitrogens with one attached hydrogen (secondary N) is 2. The van der Waals surface area contributed by atoms with E-state index in [1.54, 1.807) is 0 Å². The summed E-state index contributed by atoms with van der Waals surface area (Å²) in [6.07, 6.45) is 2.75. The Morgan fingerprint density at radius 1 is 1.42 bits per heavy atom. The van der Waals surface area contributed by atoms with Crippen molar-refractivity contribution in [1.29, 1.82) is 0 Å². The highest BCUT2D eigenvalue weighted by atomic mass is 35.5. The number of halogens is 1. The Morgan fingerprint density at radius 2 is 2.16 bits per heavy atom. The van der Waals surface area contributed by atoms with Crippen LogP contribution in [0.5, 0.6) is 0 Å². The van der Waals surface area contributed by atoms with Gasteiger partial charge in [-0.05, 0) is 25.7 Å². The zero-order chi connectivity index (χ0) is 13.8. The molecule has 0 bridgehead atoms. The van der Waals surface area contributed by atoms with E-state index in [0.717, 1.165) is 25.1 Å². The lowest BCUT2D eigenvalue weighted by atomic mass is 10.1. The molecule has 1 heterocycles. The van der Waals surface area contributed by atoms with Gasteiger partial charge in [-0.15, -0.1) is 0 Å². The maximum atomic E-state index is 5.77. The second-order valence-corrected chi connectivity index (χ2v) is 6.16. The van der Waals surface area contributed by atoms with Crippen molar-refractivity contribution in [2.45, 2.75) is 38.8 Å². The van der Waals surface area contributed by atoms with Crippen molar-refractivity contribution < 1.29 is 0 Å². The van der Waals surface area contributed by atoms with Crippen LogP contribution in [-0.4, -0.2) is 49.1 Å². The minimum atomic E-state index is 0.463. The summed E-state index contributed by atoms with van der Waals surface area (Å²) < 4.78 is 0. The molecule has 2 rings (SSSR count). The van der Waals surface area contributed by atoms with Crippen LogP contribution in [0.25, 0.3) is 0 Å². The Kier molecular flexibility index (Phi) is 5.11. The van der Waals surface area contributed by atoms with Crippen molar-refractivity contribution in [3.05, 3.63) is 11.6 Å². The van der Waals surface area contributed by atoms with Gasteiger partial charge in [-0.3, -0.25) is 4.90 Å². The smallest absolute Gasteiger partial charge is 0.191 e. The molecule has 1 aliphatic heterocycles. The second-order valence-electron chi connectivity index (χ2n) is 5.63. The van der Waals surface area contributed by atoms with Gasteiger partial charge in [-0.2, -0.15) is 0 Å². The minimum absolute atomic E-state index is 0.463. The standard InChI is InChI=1S/C14H25ClN4/c1-4-16-14(17-7-11(3)15)18-13-9-19(8-10(13)2)12-5-6-12/h10,12-13H,3-9H2,1-2H3,(H2,16,17,18). The van der Waals surface area contributed by atoms with E-state index in [1.807, 2.05) is 0 Å². The summed E-state index contributed by atoms with van der Waals surface area (Å²) in [6, 6.07) is 1.32. The SMILES string of the molecule is C=C(Cl)CN=C(NCC)NC1CN(C2CC2)CC1C. The number of nitrogens with zero attached hydrogens (tertiary/aromatic N) is 2. The number of aliphatic imine (C=N–C) groups is 1. The molecule has 5 heteroatoms. The third kappa shape index (κ3) is 4.39. The van der Waals surface area contributed by atoms with Crippen LogP contribution in [0.15, 0.2) is 16.6 Å². The molecule has 4 nitrogen and oxygen atoms in total. The average Bonchev–Trinajstić information content (AvgIpc) is 3.13. The fourth-order valence-electron chi connectivity index (χ4n) is 2.59. The van der Waals surface area contributed by atoms with E-state index in [2.05, 4.69) is 41.0 Å². The summed E-state index contributed by atoms with van der Waals surface area (Å²) in [4.78, 5) is 7.04. The van der Waals surface area contributed by atoms with Crippen molar-refractivity contribution in [2.75, 3.05) is 26.2 Å². The van der Waals surface area contributed by atoms with E-state index in [4.69, 9.17) is 11.6 Å². The van der Waals surface area contributed by atoms with E-state index in [-0.39, 0.29) is 0 Å². The van der Waals surface area contributed by atoms with Gasteiger partial charge in [0.15, 0.2) is 5.96 Å². The summed E-state index contributed by atoms with van der Waals surface area (Å²) in [5.41, 5.74) is 0. The zero-order valence-electron chi connectivity index (χ0n) is 12.0. The van der Waals surface area contributed by atoms with Gasteiger partial charge in [-0.1, -0.05) is 25.1 Å². The lowest BCUT2D eigenvalue weighted by Crippen LogP contribution is -2.46. The summed E-state index contributed by atoms with van der Waals surface area (Å²) in [7, 11) is 0. The molecule has 1 saturated carbocycles. The van der Waals surface area contributed by atoms with E-state index < -0.39 is 0 Å². The molecule has 1 saturated heterocycles. The monoisotopic (exact) mass is 284 g/mol. The van der Waals surface area contributed by atoms with Crippen molar-refractivity contribution in [1.82, 2.24) is 15.5 Å². The largest absolute Gasteiger partial charge is 0.357 e. The Balaban J connectivity index is 1.88. The molecular formula is C14H25ClN4. The molecular weight excluding hydrogens is 260 g/mol. The van der Waals surface area contributed by atoms with Crippen LogP contribution in [0.2, 0.25) is 0 Å². The van der Waals surface area contributed by atoms with Crippen molar-refractivity contribution in [2.24, 2.45) is 10.9 Å². The highest BCUT2D eigenvalue weighted by Gasteiger charge is 2.38. The van der Waals surface area contributed by atoms with E-state index >= 15 is 0 Å². The average molecular weight is 285 g/mol. The maximum Gasteiger partial charge on any atom is 0.191 e. The van der Waals surface area contributed by atoms with E-state index in [9.17, 15) is 0 Å². The first-order valence-electron chi connectivity index (χ1n) is 7.22. The van der Waals surface area contributed by atoms with Gasteiger partial charge in [0.1, 0.15) is 0 Å².